The lowest BCUT2D eigenvalue weighted by molar-refractivity contribution is -0.384. The summed E-state index contributed by atoms with van der Waals surface area (Å²) in [7, 11) is 0. The highest BCUT2D eigenvalue weighted by Crippen LogP contribution is 2.20. The molecule has 2 heterocycles. The van der Waals surface area contributed by atoms with E-state index in [1.807, 2.05) is 34.7 Å². The number of nitro benzene ring substituents is 1. The Labute approximate surface area is 192 Å². The number of amides is 1. The summed E-state index contributed by atoms with van der Waals surface area (Å²) < 4.78 is 1.99. The largest absolute Gasteiger partial charge is 0.337 e. The monoisotopic (exact) mass is 445 g/mol. The Morgan fingerprint density at radius 3 is 2.48 bits per heavy atom. The van der Waals surface area contributed by atoms with E-state index in [4.69, 9.17) is 5.10 Å². The molecule has 1 fully saturated rings. The molecule has 8 heteroatoms. The Hall–Kier alpha value is -3.78. The van der Waals surface area contributed by atoms with Crippen molar-refractivity contribution in [2.24, 2.45) is 0 Å². The lowest BCUT2D eigenvalue weighted by Crippen LogP contribution is -2.47. The van der Waals surface area contributed by atoms with Crippen LogP contribution < -0.4 is 0 Å². The first-order valence-electron chi connectivity index (χ1n) is 11.0. The lowest BCUT2D eigenvalue weighted by atomic mass is 10.1. The van der Waals surface area contributed by atoms with Crippen molar-refractivity contribution in [3.05, 3.63) is 93.3 Å². The molecular weight excluding hydrogens is 418 g/mol. The van der Waals surface area contributed by atoms with Gasteiger partial charge in [0, 0.05) is 62.2 Å². The molecular formula is C25H27N5O3. The minimum atomic E-state index is -0.439. The fourth-order valence-electron chi connectivity index (χ4n) is 4.09. The number of carbonyl (C=O) groups excluding carboxylic acids is 1. The second kappa shape index (κ2) is 9.79. The zero-order valence-corrected chi connectivity index (χ0v) is 18.8. The number of para-hydroxylation sites is 1. The molecule has 170 valence electrons. The number of rotatable bonds is 6. The van der Waals surface area contributed by atoms with Gasteiger partial charge in [0.1, 0.15) is 0 Å². The number of carbonyl (C=O) groups is 1. The van der Waals surface area contributed by atoms with Crippen molar-refractivity contribution in [2.75, 3.05) is 26.2 Å². The van der Waals surface area contributed by atoms with Crippen LogP contribution in [0.3, 0.4) is 0 Å². The number of hydrogen-bond acceptors (Lipinski definition) is 5. The number of benzene rings is 2. The van der Waals surface area contributed by atoms with Gasteiger partial charge in [-0.15, -0.1) is 0 Å². The van der Waals surface area contributed by atoms with Crippen LogP contribution in [0.5, 0.6) is 0 Å². The number of nitro groups is 1. The van der Waals surface area contributed by atoms with Gasteiger partial charge in [0.25, 0.3) is 5.69 Å². The van der Waals surface area contributed by atoms with E-state index in [1.54, 1.807) is 18.2 Å². The van der Waals surface area contributed by atoms with Gasteiger partial charge in [-0.25, -0.2) is 4.68 Å². The summed E-state index contributed by atoms with van der Waals surface area (Å²) in [6.45, 7) is 7.79. The molecule has 1 amide bonds. The summed E-state index contributed by atoms with van der Waals surface area (Å²) in [4.78, 5) is 27.2. The van der Waals surface area contributed by atoms with Crippen molar-refractivity contribution < 1.29 is 9.72 Å². The average molecular weight is 446 g/mol. The topological polar surface area (TPSA) is 84.5 Å². The highest BCUT2D eigenvalue weighted by atomic mass is 16.6. The first-order valence-corrected chi connectivity index (χ1v) is 11.0. The van der Waals surface area contributed by atoms with E-state index in [0.29, 0.717) is 18.7 Å². The zero-order chi connectivity index (χ0) is 23.4. The highest BCUT2D eigenvalue weighted by Gasteiger charge is 2.22. The Morgan fingerprint density at radius 1 is 1.06 bits per heavy atom. The summed E-state index contributed by atoms with van der Waals surface area (Å²) in [6, 6.07) is 16.4. The van der Waals surface area contributed by atoms with E-state index in [-0.39, 0.29) is 11.6 Å². The third-order valence-electron chi connectivity index (χ3n) is 6.01. The maximum Gasteiger partial charge on any atom is 0.270 e. The Bertz CT molecular complexity index is 1180. The molecule has 3 aromatic rings. The quantitative estimate of drug-likeness (QED) is 0.328. The fourth-order valence-corrected chi connectivity index (χ4v) is 4.09. The number of piperazine rings is 1. The molecule has 0 bridgehead atoms. The van der Waals surface area contributed by atoms with E-state index in [9.17, 15) is 14.9 Å². The minimum Gasteiger partial charge on any atom is -0.337 e. The predicted molar refractivity (Wildman–Crippen MR) is 127 cm³/mol. The van der Waals surface area contributed by atoms with Gasteiger partial charge in [0.15, 0.2) is 0 Å². The summed E-state index contributed by atoms with van der Waals surface area (Å²) in [5.74, 6) is -0.0783. The molecule has 0 radical (unpaired) electrons. The zero-order valence-electron chi connectivity index (χ0n) is 18.8. The van der Waals surface area contributed by atoms with E-state index >= 15 is 0 Å². The van der Waals surface area contributed by atoms with Crippen LogP contribution in [0.4, 0.5) is 5.69 Å². The van der Waals surface area contributed by atoms with Crippen LogP contribution in [0.1, 0.15) is 22.5 Å². The third kappa shape index (κ3) is 5.18. The van der Waals surface area contributed by atoms with Crippen molar-refractivity contribution in [1.82, 2.24) is 19.6 Å². The first kappa shape index (κ1) is 22.4. The second-order valence-electron chi connectivity index (χ2n) is 8.18. The van der Waals surface area contributed by atoms with Crippen LogP contribution in [-0.2, 0) is 11.3 Å². The van der Waals surface area contributed by atoms with E-state index in [2.05, 4.69) is 24.0 Å². The van der Waals surface area contributed by atoms with Gasteiger partial charge >= 0.3 is 0 Å². The number of aromatic nitrogens is 2. The number of aryl methyl sites for hydroxylation is 1. The number of non-ortho nitro benzene ring substituents is 1. The van der Waals surface area contributed by atoms with Crippen molar-refractivity contribution in [3.8, 4) is 5.69 Å². The molecule has 1 aliphatic rings. The van der Waals surface area contributed by atoms with Crippen LogP contribution in [0.2, 0.25) is 0 Å². The molecule has 1 aromatic heterocycles. The van der Waals surface area contributed by atoms with Crippen molar-refractivity contribution in [1.29, 1.82) is 0 Å². The van der Waals surface area contributed by atoms with Gasteiger partial charge in [0.2, 0.25) is 5.91 Å². The molecule has 1 aliphatic heterocycles. The predicted octanol–water partition coefficient (Wildman–Crippen LogP) is 3.75. The molecule has 0 atom stereocenters. The van der Waals surface area contributed by atoms with Crippen molar-refractivity contribution >= 4 is 17.7 Å². The molecule has 0 saturated carbocycles. The Balaban J connectivity index is 1.35. The van der Waals surface area contributed by atoms with Crippen LogP contribution >= 0.6 is 0 Å². The standard InChI is InChI=1S/C25H27N5O3/c1-19-24(20(2)29(26-19)22-8-4-3-5-9-22)18-27-13-15-28(16-14-27)25(31)12-11-21-7-6-10-23(17-21)30(32)33/h3-12,17H,13-16,18H2,1-2H3/b12-11+. The van der Waals surface area contributed by atoms with Crippen LogP contribution in [0.25, 0.3) is 11.8 Å². The van der Waals surface area contributed by atoms with Crippen molar-refractivity contribution in [2.45, 2.75) is 20.4 Å². The van der Waals surface area contributed by atoms with Gasteiger partial charge in [-0.05, 0) is 37.6 Å². The van der Waals surface area contributed by atoms with Gasteiger partial charge in [-0.1, -0.05) is 30.3 Å². The Morgan fingerprint density at radius 2 is 1.79 bits per heavy atom. The van der Waals surface area contributed by atoms with Crippen LogP contribution in [0, 0.1) is 24.0 Å². The van der Waals surface area contributed by atoms with Crippen LogP contribution in [-0.4, -0.2) is 56.6 Å². The fraction of sp³-hybridized carbons (Fsp3) is 0.280. The molecule has 33 heavy (non-hydrogen) atoms. The smallest absolute Gasteiger partial charge is 0.270 e. The van der Waals surface area contributed by atoms with Crippen LogP contribution in [0.15, 0.2) is 60.7 Å². The molecule has 0 unspecified atom stereocenters. The third-order valence-corrected chi connectivity index (χ3v) is 6.01. The highest BCUT2D eigenvalue weighted by molar-refractivity contribution is 5.91. The Kier molecular flexibility index (Phi) is 6.65. The first-order chi connectivity index (χ1) is 15.9. The number of hydrogen-bond donors (Lipinski definition) is 0. The summed E-state index contributed by atoms with van der Waals surface area (Å²) in [5, 5.41) is 15.6. The van der Waals surface area contributed by atoms with E-state index in [1.165, 1.54) is 23.8 Å². The molecule has 0 aliphatic carbocycles. The van der Waals surface area contributed by atoms with Gasteiger partial charge in [-0.3, -0.25) is 19.8 Å². The van der Waals surface area contributed by atoms with E-state index < -0.39 is 4.92 Å². The van der Waals surface area contributed by atoms with Gasteiger partial charge in [0.05, 0.1) is 16.3 Å². The van der Waals surface area contributed by atoms with Gasteiger partial charge < -0.3 is 4.90 Å². The second-order valence-corrected chi connectivity index (χ2v) is 8.18. The van der Waals surface area contributed by atoms with Crippen molar-refractivity contribution in [3.63, 3.8) is 0 Å². The molecule has 4 rings (SSSR count). The molecule has 8 nitrogen and oxygen atoms in total. The molecule has 2 aromatic carbocycles. The molecule has 1 saturated heterocycles. The summed E-state index contributed by atoms with van der Waals surface area (Å²) >= 11 is 0. The normalized spacial score (nSPS) is 14.7. The summed E-state index contributed by atoms with van der Waals surface area (Å²) in [5.41, 5.74) is 5.09. The maximum atomic E-state index is 12.6. The maximum absolute atomic E-state index is 12.6. The lowest BCUT2D eigenvalue weighted by Gasteiger charge is -2.34. The molecule has 0 N–H and O–H groups in total. The minimum absolute atomic E-state index is 0.0133. The molecule has 0 spiro atoms. The summed E-state index contributed by atoms with van der Waals surface area (Å²) in [6.07, 6.45) is 3.12. The van der Waals surface area contributed by atoms with E-state index in [0.717, 1.165) is 36.7 Å². The number of nitrogens with zero attached hydrogens (tertiary/aromatic N) is 5. The SMILES string of the molecule is Cc1nn(-c2ccccc2)c(C)c1CN1CCN(C(=O)/C=C/c2cccc([N+](=O)[O-])c2)CC1. The van der Waals surface area contributed by atoms with Gasteiger partial charge in [-0.2, -0.15) is 5.10 Å². The average Bonchev–Trinajstić information content (AvgIpc) is 3.12.